The van der Waals surface area contributed by atoms with Crippen LogP contribution in [0, 0.1) is 0 Å². The van der Waals surface area contributed by atoms with Crippen molar-refractivity contribution in [2.75, 3.05) is 12.3 Å². The van der Waals surface area contributed by atoms with Crippen molar-refractivity contribution < 1.29 is 9.59 Å². The molecule has 6 aromatic rings. The van der Waals surface area contributed by atoms with Crippen LogP contribution in [0.2, 0.25) is 0 Å². The second kappa shape index (κ2) is 17.5. The molecule has 6 heteroatoms. The number of hydrogen-bond donors (Lipinski definition) is 0. The van der Waals surface area contributed by atoms with Gasteiger partial charge < -0.3 is 0 Å². The van der Waals surface area contributed by atoms with Gasteiger partial charge in [-0.25, -0.2) is 0 Å². The number of carbonyl (C=O) groups is 2. The molecule has 0 fully saturated rings. The second-order valence-electron chi connectivity index (χ2n) is 13.4. The molecule has 0 saturated heterocycles. The van der Waals surface area contributed by atoms with Crippen molar-refractivity contribution in [3.63, 3.8) is 0 Å². The molecule has 4 nitrogen and oxygen atoms in total. The number of amides is 2. The molecule has 6 rings (SSSR count). The molecule has 2 amide bonds. The Morgan fingerprint density at radius 2 is 0.615 bits per heavy atom. The van der Waals surface area contributed by atoms with Crippen LogP contribution in [0.1, 0.15) is 35.1 Å². The Morgan fingerprint density at radius 1 is 0.385 bits per heavy atom. The van der Waals surface area contributed by atoms with Gasteiger partial charge in [-0.05, 0) is 0 Å². The van der Waals surface area contributed by atoms with Gasteiger partial charge in [0.15, 0.2) is 0 Å². The molecule has 0 saturated carbocycles. The monoisotopic (exact) mass is 724 g/mol. The van der Waals surface area contributed by atoms with Crippen LogP contribution in [0.25, 0.3) is 0 Å². The van der Waals surface area contributed by atoms with Gasteiger partial charge in [0, 0.05) is 0 Å². The zero-order valence-corrected chi connectivity index (χ0v) is 31.2. The molecule has 0 aliphatic heterocycles. The molecule has 0 aliphatic rings. The van der Waals surface area contributed by atoms with Gasteiger partial charge in [0.1, 0.15) is 0 Å². The van der Waals surface area contributed by atoms with Gasteiger partial charge in [-0.1, -0.05) is 0 Å². The predicted octanol–water partition coefficient (Wildman–Crippen LogP) is 9.58. The fraction of sp³-hybridized carbons (Fsp3) is 0.174. The summed E-state index contributed by atoms with van der Waals surface area (Å²) in [5, 5.41) is 2.00. The van der Waals surface area contributed by atoms with Crippen LogP contribution in [0.15, 0.2) is 182 Å². The van der Waals surface area contributed by atoms with Crippen LogP contribution >= 0.6 is 17.2 Å². The minimum absolute atomic E-state index is 0.0373. The van der Waals surface area contributed by atoms with Crippen molar-refractivity contribution in [1.29, 1.82) is 0 Å². The first-order chi connectivity index (χ1) is 25.4. The van der Waals surface area contributed by atoms with Crippen LogP contribution in [0.3, 0.4) is 0 Å². The fourth-order valence-corrected chi connectivity index (χ4v) is 12.7. The summed E-state index contributed by atoms with van der Waals surface area (Å²) in [6.07, 6.45) is 1.36. The first-order valence-corrected chi connectivity index (χ1v) is 21.5. The van der Waals surface area contributed by atoms with E-state index in [4.69, 9.17) is 11.2 Å². The molecule has 264 valence electrons. The summed E-state index contributed by atoms with van der Waals surface area (Å²) in [5.74, 6) is -3.61. The van der Waals surface area contributed by atoms with E-state index < -0.39 is 5.96 Å². The van der Waals surface area contributed by atoms with Crippen molar-refractivity contribution in [2.24, 2.45) is 0 Å². The van der Waals surface area contributed by atoms with Crippen LogP contribution in [0.5, 0.6) is 0 Å². The Hall–Kier alpha value is -5.02. The van der Waals surface area contributed by atoms with Gasteiger partial charge >= 0.3 is 315 Å². The van der Waals surface area contributed by atoms with E-state index in [1.165, 1.54) is 0 Å². The second-order valence-corrected chi connectivity index (χ2v) is 20.6. The van der Waals surface area contributed by atoms with E-state index in [0.29, 0.717) is 38.5 Å². The van der Waals surface area contributed by atoms with Crippen LogP contribution in [-0.2, 0) is 35.8 Å². The van der Waals surface area contributed by atoms with Gasteiger partial charge in [0.25, 0.3) is 0 Å². The van der Waals surface area contributed by atoms with Gasteiger partial charge in [-0.2, -0.15) is 0 Å². The van der Waals surface area contributed by atoms with Gasteiger partial charge in [-0.3, -0.25) is 0 Å². The topological polar surface area (TPSA) is 40.6 Å². The van der Waals surface area contributed by atoms with Crippen molar-refractivity contribution in [1.82, 2.24) is 9.80 Å². The molecule has 0 unspecified atom stereocenters. The number of halogens is 1. The standard InChI is InChI=1S/C46H46ClN2O2P/c47-52(43-27-15-5-16-28-43,44-29-17-6-18-30-44,33-31-45(50)48(35-39-19-7-1-8-20-39)36-40-21-9-2-10-22-40)34-32-46(51)49(37-41-23-11-3-12-24-41)38-42-25-13-4-14-26-42/h1-30H,31-38H2. The van der Waals surface area contributed by atoms with E-state index in [0.717, 1.165) is 32.9 Å². The number of rotatable bonds is 16. The minimum atomic E-state index is -3.68. The number of benzene rings is 6. The third-order valence-corrected chi connectivity index (χ3v) is 17.3. The SMILES string of the molecule is O=C(CCP(Cl)(CCC(=O)N(Cc1ccccc1)Cc1ccccc1)(c1ccccc1)c1ccccc1)N(Cc1ccccc1)Cc1ccccc1. The first-order valence-electron chi connectivity index (χ1n) is 18.0. The van der Waals surface area contributed by atoms with Crippen molar-refractivity contribution in [3.8, 4) is 0 Å². The molecular formula is C46H46ClN2O2P. The van der Waals surface area contributed by atoms with Crippen molar-refractivity contribution in [2.45, 2.75) is 39.0 Å². The maximum atomic E-state index is 14.5. The molecule has 0 heterocycles. The van der Waals surface area contributed by atoms with Crippen LogP contribution in [-0.4, -0.2) is 33.9 Å². The average molecular weight is 725 g/mol. The number of carbonyl (C=O) groups excluding carboxylic acids is 2. The summed E-state index contributed by atoms with van der Waals surface area (Å²) < 4.78 is 0. The molecule has 6 aromatic carbocycles. The molecule has 52 heavy (non-hydrogen) atoms. The van der Waals surface area contributed by atoms with Crippen LogP contribution < -0.4 is 10.6 Å². The van der Waals surface area contributed by atoms with E-state index in [2.05, 4.69) is 72.8 Å². The fourth-order valence-electron chi connectivity index (χ4n) is 6.97. The average Bonchev–Trinajstić information content (AvgIpc) is 3.21. The summed E-state index contributed by atoms with van der Waals surface area (Å²) in [4.78, 5) is 32.8. The summed E-state index contributed by atoms with van der Waals surface area (Å²) in [6, 6.07) is 60.9. The van der Waals surface area contributed by atoms with E-state index in [1.54, 1.807) is 0 Å². The van der Waals surface area contributed by atoms with E-state index in [1.807, 2.05) is 119 Å². The summed E-state index contributed by atoms with van der Waals surface area (Å²) in [5.41, 5.74) is 4.29. The Morgan fingerprint density at radius 3 is 0.865 bits per heavy atom. The summed E-state index contributed by atoms with van der Waals surface area (Å²) in [7, 11) is 0. The van der Waals surface area contributed by atoms with E-state index >= 15 is 0 Å². The Labute approximate surface area is 313 Å². The Balaban J connectivity index is 1.33. The quantitative estimate of drug-likeness (QED) is 0.0934. The number of hydrogen-bond acceptors (Lipinski definition) is 2. The first kappa shape index (κ1) is 36.8. The molecule has 0 radical (unpaired) electrons. The normalized spacial score (nSPS) is 12.0. The predicted molar refractivity (Wildman–Crippen MR) is 218 cm³/mol. The molecule has 0 N–H and O–H groups in total. The molecule has 0 atom stereocenters. The number of nitrogens with zero attached hydrogens (tertiary/aromatic N) is 2. The van der Waals surface area contributed by atoms with E-state index in [-0.39, 0.29) is 24.7 Å². The van der Waals surface area contributed by atoms with E-state index in [9.17, 15) is 9.59 Å². The third kappa shape index (κ3) is 9.25. The Kier molecular flexibility index (Phi) is 12.3. The zero-order valence-electron chi connectivity index (χ0n) is 29.5. The molecule has 0 aliphatic carbocycles. The van der Waals surface area contributed by atoms with Gasteiger partial charge in [0.2, 0.25) is 0 Å². The van der Waals surface area contributed by atoms with Crippen LogP contribution in [0.4, 0.5) is 0 Å². The summed E-state index contributed by atoms with van der Waals surface area (Å²) >= 11 is 8.38. The maximum absolute atomic E-state index is 14.5. The third-order valence-electron chi connectivity index (χ3n) is 9.85. The summed E-state index contributed by atoms with van der Waals surface area (Å²) in [6.45, 7) is 1.98. The van der Waals surface area contributed by atoms with Gasteiger partial charge in [0.05, 0.1) is 0 Å². The zero-order chi connectivity index (χ0) is 36.1. The van der Waals surface area contributed by atoms with Crippen molar-refractivity contribution in [3.05, 3.63) is 204 Å². The van der Waals surface area contributed by atoms with Gasteiger partial charge in [-0.15, -0.1) is 0 Å². The van der Waals surface area contributed by atoms with Crippen molar-refractivity contribution >= 4 is 39.6 Å². The molecule has 0 aromatic heterocycles. The molecule has 0 bridgehead atoms. The molecule has 0 spiro atoms. The molecular weight excluding hydrogens is 679 g/mol. The Bertz CT molecular complexity index is 1770.